The number of hydrogen-bond acceptors (Lipinski definition) is 5. The molecule has 1 unspecified atom stereocenters. The fourth-order valence-corrected chi connectivity index (χ4v) is 3.24. The SMILES string of the molecule is O=C(NOC1CCCCO1)c1nn(Cc2ccccc2)c(=O)c2ccccc12. The molecule has 144 valence electrons. The molecule has 1 saturated heterocycles. The molecule has 0 saturated carbocycles. The largest absolute Gasteiger partial charge is 0.350 e. The summed E-state index contributed by atoms with van der Waals surface area (Å²) in [7, 11) is 0. The smallest absolute Gasteiger partial charge is 0.296 e. The minimum atomic E-state index is -0.507. The van der Waals surface area contributed by atoms with E-state index in [1.165, 1.54) is 4.68 Å². The van der Waals surface area contributed by atoms with Crippen molar-refractivity contribution in [2.75, 3.05) is 6.61 Å². The number of carbonyl (C=O) groups excluding carboxylic acids is 1. The molecule has 1 aromatic heterocycles. The van der Waals surface area contributed by atoms with E-state index < -0.39 is 12.2 Å². The van der Waals surface area contributed by atoms with E-state index >= 15 is 0 Å². The maximum absolute atomic E-state index is 12.8. The van der Waals surface area contributed by atoms with Gasteiger partial charge in [0.05, 0.1) is 11.9 Å². The van der Waals surface area contributed by atoms with Crippen molar-refractivity contribution in [1.82, 2.24) is 15.3 Å². The predicted molar refractivity (Wildman–Crippen MR) is 104 cm³/mol. The molecule has 7 heteroatoms. The van der Waals surface area contributed by atoms with Crippen LogP contribution in [-0.2, 0) is 16.1 Å². The molecule has 1 fully saturated rings. The Balaban J connectivity index is 1.65. The fourth-order valence-electron chi connectivity index (χ4n) is 3.24. The van der Waals surface area contributed by atoms with Crippen molar-refractivity contribution in [3.05, 3.63) is 76.2 Å². The number of amides is 1. The molecule has 2 heterocycles. The van der Waals surface area contributed by atoms with E-state index in [9.17, 15) is 9.59 Å². The summed E-state index contributed by atoms with van der Waals surface area (Å²) < 4.78 is 6.77. The number of carbonyl (C=O) groups is 1. The molecule has 0 aliphatic carbocycles. The number of nitrogens with one attached hydrogen (secondary N) is 1. The van der Waals surface area contributed by atoms with Crippen molar-refractivity contribution in [1.29, 1.82) is 0 Å². The van der Waals surface area contributed by atoms with Crippen molar-refractivity contribution < 1.29 is 14.4 Å². The van der Waals surface area contributed by atoms with Gasteiger partial charge < -0.3 is 4.74 Å². The first-order chi connectivity index (χ1) is 13.7. The van der Waals surface area contributed by atoms with Gasteiger partial charge in [0, 0.05) is 18.4 Å². The van der Waals surface area contributed by atoms with Crippen molar-refractivity contribution >= 4 is 16.7 Å². The van der Waals surface area contributed by atoms with Gasteiger partial charge >= 0.3 is 0 Å². The Bertz CT molecular complexity index is 1030. The highest BCUT2D eigenvalue weighted by Crippen LogP contribution is 2.15. The molecular weight excluding hydrogens is 358 g/mol. The third kappa shape index (κ3) is 3.95. The van der Waals surface area contributed by atoms with E-state index in [0.717, 1.165) is 24.8 Å². The van der Waals surface area contributed by atoms with Gasteiger partial charge in [-0.3, -0.25) is 9.59 Å². The highest BCUT2D eigenvalue weighted by atomic mass is 16.8. The first-order valence-electron chi connectivity index (χ1n) is 9.34. The zero-order chi connectivity index (χ0) is 19.3. The Morgan fingerprint density at radius 2 is 1.86 bits per heavy atom. The first-order valence-corrected chi connectivity index (χ1v) is 9.34. The zero-order valence-electron chi connectivity index (χ0n) is 15.3. The second-order valence-electron chi connectivity index (χ2n) is 6.69. The monoisotopic (exact) mass is 379 g/mol. The average Bonchev–Trinajstić information content (AvgIpc) is 2.75. The lowest BCUT2D eigenvalue weighted by Crippen LogP contribution is -2.35. The fraction of sp³-hybridized carbons (Fsp3) is 0.286. The molecule has 1 aliphatic heterocycles. The molecule has 0 spiro atoms. The summed E-state index contributed by atoms with van der Waals surface area (Å²) >= 11 is 0. The number of rotatable bonds is 5. The van der Waals surface area contributed by atoms with Gasteiger partial charge in [0.1, 0.15) is 0 Å². The summed E-state index contributed by atoms with van der Waals surface area (Å²) in [6.45, 7) is 0.890. The van der Waals surface area contributed by atoms with E-state index in [0.29, 0.717) is 17.4 Å². The summed E-state index contributed by atoms with van der Waals surface area (Å²) in [4.78, 5) is 31.0. The topological polar surface area (TPSA) is 82.4 Å². The number of fused-ring (bicyclic) bond motifs is 1. The van der Waals surface area contributed by atoms with Gasteiger partial charge in [-0.15, -0.1) is 0 Å². The molecular formula is C21H21N3O4. The van der Waals surface area contributed by atoms with Gasteiger partial charge in [0.15, 0.2) is 12.0 Å². The number of hydrogen-bond donors (Lipinski definition) is 1. The maximum atomic E-state index is 12.8. The standard InChI is InChI=1S/C21H21N3O4/c25-20(23-28-18-12-6-7-13-27-18)19-16-10-4-5-11-17(16)21(26)24(22-19)14-15-8-2-1-3-9-15/h1-5,8-11,18H,6-7,12-14H2,(H,23,25). The van der Waals surface area contributed by atoms with Crippen LogP contribution in [-0.4, -0.2) is 28.6 Å². The van der Waals surface area contributed by atoms with Crippen LogP contribution in [0.25, 0.3) is 10.8 Å². The van der Waals surface area contributed by atoms with Gasteiger partial charge in [-0.25, -0.2) is 15.0 Å². The Morgan fingerprint density at radius 3 is 2.61 bits per heavy atom. The second-order valence-corrected chi connectivity index (χ2v) is 6.69. The van der Waals surface area contributed by atoms with Gasteiger partial charge in [-0.1, -0.05) is 48.5 Å². The van der Waals surface area contributed by atoms with Crippen LogP contribution in [0, 0.1) is 0 Å². The summed E-state index contributed by atoms with van der Waals surface area (Å²) in [6.07, 6.45) is 2.25. The van der Waals surface area contributed by atoms with Crippen LogP contribution in [0.15, 0.2) is 59.4 Å². The van der Waals surface area contributed by atoms with Crippen LogP contribution in [0.4, 0.5) is 0 Å². The number of nitrogens with zero attached hydrogens (tertiary/aromatic N) is 2. The van der Waals surface area contributed by atoms with E-state index in [2.05, 4.69) is 10.6 Å². The Labute approximate surface area is 161 Å². The quantitative estimate of drug-likeness (QED) is 0.689. The molecule has 28 heavy (non-hydrogen) atoms. The van der Waals surface area contributed by atoms with E-state index in [-0.39, 0.29) is 17.8 Å². The van der Waals surface area contributed by atoms with Crippen LogP contribution < -0.4 is 11.0 Å². The molecule has 1 amide bonds. The summed E-state index contributed by atoms with van der Waals surface area (Å²) in [5.74, 6) is -0.507. The van der Waals surface area contributed by atoms with E-state index in [1.807, 2.05) is 30.3 Å². The van der Waals surface area contributed by atoms with Crippen LogP contribution in [0.3, 0.4) is 0 Å². The summed E-state index contributed by atoms with van der Waals surface area (Å²) in [6, 6.07) is 16.5. The van der Waals surface area contributed by atoms with Crippen molar-refractivity contribution in [3.8, 4) is 0 Å². The molecule has 1 atom stereocenters. The number of aromatic nitrogens is 2. The van der Waals surface area contributed by atoms with Gasteiger partial charge in [0.2, 0.25) is 0 Å². The lowest BCUT2D eigenvalue weighted by molar-refractivity contribution is -0.186. The molecule has 0 radical (unpaired) electrons. The Kier molecular flexibility index (Phi) is 5.45. The van der Waals surface area contributed by atoms with Gasteiger partial charge in [-0.2, -0.15) is 5.10 Å². The number of benzene rings is 2. The van der Waals surface area contributed by atoms with E-state index in [4.69, 9.17) is 9.57 Å². The highest BCUT2D eigenvalue weighted by molar-refractivity contribution is 6.04. The van der Waals surface area contributed by atoms with Crippen LogP contribution >= 0.6 is 0 Å². The maximum Gasteiger partial charge on any atom is 0.296 e. The molecule has 1 N–H and O–H groups in total. The average molecular weight is 379 g/mol. The number of ether oxygens (including phenoxy) is 1. The lowest BCUT2D eigenvalue weighted by atomic mass is 10.1. The predicted octanol–water partition coefficient (Wildman–Crippen LogP) is 2.63. The molecule has 4 rings (SSSR count). The minimum absolute atomic E-state index is 0.141. The van der Waals surface area contributed by atoms with Gasteiger partial charge in [-0.05, 0) is 24.5 Å². The van der Waals surface area contributed by atoms with Crippen molar-refractivity contribution in [3.63, 3.8) is 0 Å². The molecule has 3 aromatic rings. The van der Waals surface area contributed by atoms with Crippen molar-refractivity contribution in [2.24, 2.45) is 0 Å². The Hall–Kier alpha value is -3.03. The first kappa shape index (κ1) is 18.3. The minimum Gasteiger partial charge on any atom is -0.350 e. The zero-order valence-corrected chi connectivity index (χ0v) is 15.3. The van der Waals surface area contributed by atoms with Crippen LogP contribution in [0.2, 0.25) is 0 Å². The van der Waals surface area contributed by atoms with Gasteiger partial charge in [0.25, 0.3) is 11.5 Å². The Morgan fingerprint density at radius 1 is 1.11 bits per heavy atom. The number of hydroxylamine groups is 1. The highest BCUT2D eigenvalue weighted by Gasteiger charge is 2.20. The van der Waals surface area contributed by atoms with Crippen molar-refractivity contribution in [2.45, 2.75) is 32.1 Å². The molecule has 2 aromatic carbocycles. The lowest BCUT2D eigenvalue weighted by Gasteiger charge is -2.22. The van der Waals surface area contributed by atoms with Crippen LogP contribution in [0.5, 0.6) is 0 Å². The third-order valence-electron chi connectivity index (χ3n) is 4.68. The second kappa shape index (κ2) is 8.33. The summed E-state index contributed by atoms with van der Waals surface area (Å²) in [5, 5.41) is 5.26. The third-order valence-corrected chi connectivity index (χ3v) is 4.68. The van der Waals surface area contributed by atoms with E-state index in [1.54, 1.807) is 24.3 Å². The summed E-state index contributed by atoms with van der Waals surface area (Å²) in [5.41, 5.74) is 3.25. The molecule has 7 nitrogen and oxygen atoms in total. The van der Waals surface area contributed by atoms with Crippen LogP contribution in [0.1, 0.15) is 35.3 Å². The molecule has 0 bridgehead atoms. The normalized spacial score (nSPS) is 16.8. The molecule has 1 aliphatic rings.